The first kappa shape index (κ1) is 23.5. The van der Waals surface area contributed by atoms with Crippen LogP contribution in [0, 0.1) is 11.3 Å². The van der Waals surface area contributed by atoms with E-state index in [-0.39, 0.29) is 0 Å². The van der Waals surface area contributed by atoms with Crippen molar-refractivity contribution in [2.45, 2.75) is 76.3 Å². The van der Waals surface area contributed by atoms with Gasteiger partial charge in [0.05, 0.1) is 6.07 Å². The molecule has 2 aromatic rings. The van der Waals surface area contributed by atoms with Gasteiger partial charge in [0.25, 0.3) is 0 Å². The van der Waals surface area contributed by atoms with Gasteiger partial charge in [-0.3, -0.25) is 4.90 Å². The first-order valence-corrected chi connectivity index (χ1v) is 11.3. The minimum atomic E-state index is 0.380. The second-order valence-electron chi connectivity index (χ2n) is 8.07. The Kier molecular flexibility index (Phi) is 10.3. The number of hydrogen-bond acceptors (Lipinski definition) is 2. The SMILES string of the molecule is CC#N.CCC(CCc1ccc(C2CCC(Cl)C2)cc1)N(C)Cc1ccccc1. The molecule has 0 spiro atoms. The number of aryl methyl sites for hydroxylation is 1. The highest BCUT2D eigenvalue weighted by Crippen LogP contribution is 2.37. The number of nitriles is 1. The van der Waals surface area contributed by atoms with Crippen LogP contribution in [0.3, 0.4) is 0 Å². The molecule has 1 saturated carbocycles. The maximum absolute atomic E-state index is 7.32. The van der Waals surface area contributed by atoms with E-state index in [1.165, 1.54) is 49.3 Å². The minimum absolute atomic E-state index is 0.380. The average molecular weight is 411 g/mol. The van der Waals surface area contributed by atoms with E-state index >= 15 is 0 Å². The molecule has 0 aliphatic heterocycles. The summed E-state index contributed by atoms with van der Waals surface area (Å²) in [5, 5.41) is 7.70. The Morgan fingerprint density at radius 2 is 1.72 bits per heavy atom. The molecule has 2 nitrogen and oxygen atoms in total. The molecule has 1 fully saturated rings. The van der Waals surface area contributed by atoms with E-state index in [1.54, 1.807) is 6.07 Å². The maximum atomic E-state index is 7.32. The molecule has 0 bridgehead atoms. The molecule has 3 unspecified atom stereocenters. The Hall–Kier alpha value is -1.82. The van der Waals surface area contributed by atoms with Gasteiger partial charge in [0.2, 0.25) is 0 Å². The summed E-state index contributed by atoms with van der Waals surface area (Å²) in [6.45, 7) is 4.76. The lowest BCUT2D eigenvalue weighted by molar-refractivity contribution is 0.216. The number of nitrogens with zero attached hydrogens (tertiary/aromatic N) is 2. The smallest absolute Gasteiger partial charge is 0.0587 e. The fraction of sp³-hybridized carbons (Fsp3) is 0.500. The molecule has 0 saturated heterocycles. The van der Waals surface area contributed by atoms with E-state index in [0.29, 0.717) is 17.3 Å². The van der Waals surface area contributed by atoms with Crippen molar-refractivity contribution in [1.29, 1.82) is 5.26 Å². The number of hydrogen-bond donors (Lipinski definition) is 0. The Labute approximate surface area is 182 Å². The second kappa shape index (κ2) is 12.7. The van der Waals surface area contributed by atoms with Gasteiger partial charge in [0.1, 0.15) is 0 Å². The second-order valence-corrected chi connectivity index (χ2v) is 8.69. The molecule has 0 aromatic heterocycles. The summed E-state index contributed by atoms with van der Waals surface area (Å²) in [6.07, 6.45) is 7.12. The van der Waals surface area contributed by atoms with Crippen molar-refractivity contribution in [3.05, 3.63) is 71.3 Å². The van der Waals surface area contributed by atoms with Gasteiger partial charge >= 0.3 is 0 Å². The lowest BCUT2D eigenvalue weighted by Crippen LogP contribution is -2.31. The molecule has 0 heterocycles. The predicted octanol–water partition coefficient (Wildman–Crippen LogP) is 6.93. The summed E-state index contributed by atoms with van der Waals surface area (Å²) in [6, 6.07) is 22.5. The molecular formula is C26H35ClN2. The zero-order chi connectivity index (χ0) is 21.1. The van der Waals surface area contributed by atoms with Crippen LogP contribution in [0.25, 0.3) is 0 Å². The van der Waals surface area contributed by atoms with E-state index in [2.05, 4.69) is 73.5 Å². The highest BCUT2D eigenvalue weighted by Gasteiger charge is 2.24. The zero-order valence-electron chi connectivity index (χ0n) is 18.2. The lowest BCUT2D eigenvalue weighted by atomic mass is 9.95. The standard InChI is InChI=1S/C24H32ClN.C2H3N/c1-3-24(26(2)18-20-7-5-4-6-8-20)16-11-19-9-12-21(13-10-19)22-14-15-23(25)17-22;1-2-3/h4-10,12-13,22-24H,3,11,14-18H2,1-2H3;1H3. The molecule has 0 amide bonds. The maximum Gasteiger partial charge on any atom is 0.0587 e. The normalized spacial score (nSPS) is 19.3. The highest BCUT2D eigenvalue weighted by molar-refractivity contribution is 6.20. The number of benzene rings is 2. The van der Waals surface area contributed by atoms with Crippen molar-refractivity contribution >= 4 is 11.6 Å². The van der Waals surface area contributed by atoms with Crippen LogP contribution in [0.15, 0.2) is 54.6 Å². The highest BCUT2D eigenvalue weighted by atomic mass is 35.5. The van der Waals surface area contributed by atoms with E-state index in [4.69, 9.17) is 16.9 Å². The number of alkyl halides is 1. The van der Waals surface area contributed by atoms with E-state index < -0.39 is 0 Å². The first-order valence-electron chi connectivity index (χ1n) is 10.8. The van der Waals surface area contributed by atoms with Crippen molar-refractivity contribution in [3.8, 4) is 6.07 Å². The van der Waals surface area contributed by atoms with Crippen molar-refractivity contribution in [2.75, 3.05) is 7.05 Å². The fourth-order valence-electron chi connectivity index (χ4n) is 4.26. The average Bonchev–Trinajstić information content (AvgIpc) is 3.16. The quantitative estimate of drug-likeness (QED) is 0.441. The molecular weight excluding hydrogens is 376 g/mol. The molecule has 1 aliphatic rings. The van der Waals surface area contributed by atoms with Gasteiger partial charge < -0.3 is 0 Å². The molecule has 1 aliphatic carbocycles. The van der Waals surface area contributed by atoms with Crippen LogP contribution in [0.4, 0.5) is 0 Å². The van der Waals surface area contributed by atoms with E-state index in [1.807, 2.05) is 0 Å². The van der Waals surface area contributed by atoms with Gasteiger partial charge in [-0.1, -0.05) is 61.5 Å². The molecule has 3 atom stereocenters. The third-order valence-electron chi connectivity index (χ3n) is 5.96. The molecule has 3 rings (SSSR count). The number of halogens is 1. The topological polar surface area (TPSA) is 27.0 Å². The summed E-state index contributed by atoms with van der Waals surface area (Å²) in [5.41, 5.74) is 4.33. The number of rotatable bonds is 8. The predicted molar refractivity (Wildman–Crippen MR) is 124 cm³/mol. The van der Waals surface area contributed by atoms with Gasteiger partial charge in [-0.2, -0.15) is 5.26 Å². The largest absolute Gasteiger partial charge is 0.299 e. The molecule has 0 N–H and O–H groups in total. The Bertz CT molecular complexity index is 736. The minimum Gasteiger partial charge on any atom is -0.299 e. The van der Waals surface area contributed by atoms with Crippen LogP contribution in [-0.4, -0.2) is 23.4 Å². The van der Waals surface area contributed by atoms with Crippen LogP contribution in [-0.2, 0) is 13.0 Å². The lowest BCUT2D eigenvalue weighted by Gasteiger charge is -2.27. The van der Waals surface area contributed by atoms with Gasteiger partial charge in [-0.25, -0.2) is 0 Å². The molecule has 3 heteroatoms. The van der Waals surface area contributed by atoms with Crippen molar-refractivity contribution in [3.63, 3.8) is 0 Å². The third-order valence-corrected chi connectivity index (χ3v) is 6.35. The first-order chi connectivity index (χ1) is 14.1. The molecule has 29 heavy (non-hydrogen) atoms. The van der Waals surface area contributed by atoms with Gasteiger partial charge in [-0.15, -0.1) is 11.6 Å². The molecule has 156 valence electrons. The monoisotopic (exact) mass is 410 g/mol. The van der Waals surface area contributed by atoms with Crippen molar-refractivity contribution in [2.24, 2.45) is 0 Å². The van der Waals surface area contributed by atoms with Crippen molar-refractivity contribution < 1.29 is 0 Å². The summed E-state index contributed by atoms with van der Waals surface area (Å²) < 4.78 is 0. The van der Waals surface area contributed by atoms with Crippen LogP contribution < -0.4 is 0 Å². The van der Waals surface area contributed by atoms with Crippen LogP contribution in [0.1, 0.15) is 68.6 Å². The Morgan fingerprint density at radius 3 is 2.28 bits per heavy atom. The summed E-state index contributed by atoms with van der Waals surface area (Å²) in [4.78, 5) is 2.50. The van der Waals surface area contributed by atoms with Gasteiger partial charge in [-0.05, 0) is 68.2 Å². The van der Waals surface area contributed by atoms with Gasteiger partial charge in [0.15, 0.2) is 0 Å². The van der Waals surface area contributed by atoms with Crippen molar-refractivity contribution in [1.82, 2.24) is 4.90 Å². The molecule has 2 aromatic carbocycles. The Morgan fingerprint density at radius 1 is 1.07 bits per heavy atom. The molecule has 0 radical (unpaired) electrons. The van der Waals surface area contributed by atoms with E-state index in [0.717, 1.165) is 19.4 Å². The summed E-state index contributed by atoms with van der Waals surface area (Å²) in [7, 11) is 2.26. The Balaban J connectivity index is 0.000000941. The third kappa shape index (κ3) is 7.84. The fourth-order valence-corrected chi connectivity index (χ4v) is 4.60. The van der Waals surface area contributed by atoms with E-state index in [9.17, 15) is 0 Å². The summed E-state index contributed by atoms with van der Waals surface area (Å²) >= 11 is 6.27. The van der Waals surface area contributed by atoms with Crippen LogP contribution in [0.2, 0.25) is 0 Å². The van der Waals surface area contributed by atoms with Gasteiger partial charge in [0, 0.05) is 24.9 Å². The summed E-state index contributed by atoms with van der Waals surface area (Å²) in [5.74, 6) is 0.673. The van der Waals surface area contributed by atoms with Crippen LogP contribution >= 0.6 is 11.6 Å². The zero-order valence-corrected chi connectivity index (χ0v) is 18.9. The van der Waals surface area contributed by atoms with Crippen LogP contribution in [0.5, 0.6) is 0 Å².